The molecule has 5 heteroatoms. The average Bonchev–Trinajstić information content (AvgIpc) is 2.58. The van der Waals surface area contributed by atoms with Gasteiger partial charge in [-0.1, -0.05) is 28.1 Å². The van der Waals surface area contributed by atoms with Crippen LogP contribution >= 0.6 is 15.9 Å². The molecule has 3 rings (SSSR count). The fourth-order valence-electron chi connectivity index (χ4n) is 3.47. The number of hydrogen-bond acceptors (Lipinski definition) is 3. The minimum Gasteiger partial charge on any atom is -0.340 e. The predicted molar refractivity (Wildman–Crippen MR) is 96.2 cm³/mol. The summed E-state index contributed by atoms with van der Waals surface area (Å²) in [5, 5.41) is 0. The number of likely N-dealkylation sites (N-methyl/N-ethyl adjacent to an activating group) is 1. The quantitative estimate of drug-likeness (QED) is 0.806. The second-order valence-electron chi connectivity index (χ2n) is 6.81. The first-order valence-electron chi connectivity index (χ1n) is 8.56. The van der Waals surface area contributed by atoms with Gasteiger partial charge in [-0.2, -0.15) is 0 Å². The standard InChI is InChI=1S/C18H26BrN3O/c1-20-10-12-22(13-11-20)18(23)16-6-8-21(9-7-16)14-15-2-4-17(19)5-3-15/h2-5,16H,6-14H2,1H3. The lowest BCUT2D eigenvalue weighted by Gasteiger charge is -2.37. The predicted octanol–water partition coefficient (Wildman–Crippen LogP) is 2.44. The van der Waals surface area contributed by atoms with E-state index in [4.69, 9.17) is 0 Å². The van der Waals surface area contributed by atoms with E-state index in [1.807, 2.05) is 0 Å². The molecule has 2 aliphatic heterocycles. The van der Waals surface area contributed by atoms with E-state index < -0.39 is 0 Å². The average molecular weight is 380 g/mol. The Balaban J connectivity index is 1.46. The third-order valence-electron chi connectivity index (χ3n) is 5.07. The Hall–Kier alpha value is -0.910. The highest BCUT2D eigenvalue weighted by atomic mass is 79.9. The topological polar surface area (TPSA) is 26.8 Å². The molecule has 2 heterocycles. The summed E-state index contributed by atoms with van der Waals surface area (Å²) >= 11 is 3.48. The van der Waals surface area contributed by atoms with Gasteiger partial charge in [0, 0.05) is 43.1 Å². The molecule has 2 aliphatic rings. The summed E-state index contributed by atoms with van der Waals surface area (Å²) in [5.41, 5.74) is 1.34. The number of likely N-dealkylation sites (tertiary alicyclic amines) is 1. The van der Waals surface area contributed by atoms with Gasteiger partial charge >= 0.3 is 0 Å². The van der Waals surface area contributed by atoms with Crippen molar-refractivity contribution in [1.29, 1.82) is 0 Å². The number of rotatable bonds is 3. The van der Waals surface area contributed by atoms with Gasteiger partial charge in [0.15, 0.2) is 0 Å². The van der Waals surface area contributed by atoms with E-state index in [2.05, 4.69) is 61.9 Å². The van der Waals surface area contributed by atoms with Crippen molar-refractivity contribution < 1.29 is 4.79 Å². The number of benzene rings is 1. The van der Waals surface area contributed by atoms with E-state index in [1.165, 1.54) is 5.56 Å². The maximum Gasteiger partial charge on any atom is 0.225 e. The van der Waals surface area contributed by atoms with Crippen LogP contribution in [0.4, 0.5) is 0 Å². The van der Waals surface area contributed by atoms with Gasteiger partial charge in [-0.05, 0) is 50.7 Å². The van der Waals surface area contributed by atoms with E-state index >= 15 is 0 Å². The van der Waals surface area contributed by atoms with Crippen molar-refractivity contribution in [3.63, 3.8) is 0 Å². The van der Waals surface area contributed by atoms with E-state index in [0.717, 1.165) is 63.1 Å². The van der Waals surface area contributed by atoms with Gasteiger partial charge in [-0.3, -0.25) is 9.69 Å². The van der Waals surface area contributed by atoms with Crippen LogP contribution in [-0.4, -0.2) is 66.9 Å². The molecular formula is C18H26BrN3O. The minimum atomic E-state index is 0.236. The molecule has 0 unspecified atom stereocenters. The highest BCUT2D eigenvalue weighted by molar-refractivity contribution is 9.10. The van der Waals surface area contributed by atoms with Gasteiger partial charge in [0.1, 0.15) is 0 Å². The molecule has 1 amide bonds. The second kappa shape index (κ2) is 7.77. The Labute approximate surface area is 147 Å². The van der Waals surface area contributed by atoms with Crippen LogP contribution in [0.25, 0.3) is 0 Å². The Morgan fingerprint density at radius 1 is 1.04 bits per heavy atom. The van der Waals surface area contributed by atoms with Crippen LogP contribution in [0.15, 0.2) is 28.7 Å². The van der Waals surface area contributed by atoms with Crippen LogP contribution < -0.4 is 0 Å². The molecule has 2 saturated heterocycles. The zero-order valence-corrected chi connectivity index (χ0v) is 15.5. The fraction of sp³-hybridized carbons (Fsp3) is 0.611. The maximum absolute atomic E-state index is 12.6. The maximum atomic E-state index is 12.6. The molecule has 0 spiro atoms. The molecule has 126 valence electrons. The van der Waals surface area contributed by atoms with Crippen molar-refractivity contribution in [3.8, 4) is 0 Å². The molecule has 0 radical (unpaired) electrons. The SMILES string of the molecule is CN1CCN(C(=O)C2CCN(Cc3ccc(Br)cc3)CC2)CC1. The van der Waals surface area contributed by atoms with Gasteiger partial charge in [-0.15, -0.1) is 0 Å². The Morgan fingerprint density at radius 3 is 2.26 bits per heavy atom. The molecule has 2 fully saturated rings. The number of carbonyl (C=O) groups is 1. The highest BCUT2D eigenvalue weighted by Crippen LogP contribution is 2.22. The summed E-state index contributed by atoms with van der Waals surface area (Å²) in [7, 11) is 2.13. The van der Waals surface area contributed by atoms with Crippen molar-refractivity contribution in [1.82, 2.24) is 14.7 Å². The third-order valence-corrected chi connectivity index (χ3v) is 5.60. The van der Waals surface area contributed by atoms with Gasteiger partial charge in [-0.25, -0.2) is 0 Å². The van der Waals surface area contributed by atoms with Crippen LogP contribution in [-0.2, 0) is 11.3 Å². The third kappa shape index (κ3) is 4.55. The van der Waals surface area contributed by atoms with E-state index in [9.17, 15) is 4.79 Å². The molecule has 4 nitrogen and oxygen atoms in total. The van der Waals surface area contributed by atoms with Crippen LogP contribution in [0.5, 0.6) is 0 Å². The number of nitrogens with zero attached hydrogens (tertiary/aromatic N) is 3. The van der Waals surface area contributed by atoms with Crippen molar-refractivity contribution in [3.05, 3.63) is 34.3 Å². The van der Waals surface area contributed by atoms with E-state index in [1.54, 1.807) is 0 Å². The molecule has 23 heavy (non-hydrogen) atoms. The normalized spacial score (nSPS) is 21.6. The number of halogens is 1. The summed E-state index contributed by atoms with van der Waals surface area (Å²) in [5.74, 6) is 0.626. The zero-order valence-electron chi connectivity index (χ0n) is 13.9. The molecule has 1 aromatic carbocycles. The van der Waals surface area contributed by atoms with Gasteiger partial charge in [0.2, 0.25) is 5.91 Å². The first-order chi connectivity index (χ1) is 11.1. The Bertz CT molecular complexity index is 518. The summed E-state index contributed by atoms with van der Waals surface area (Å²) in [6, 6.07) is 8.54. The van der Waals surface area contributed by atoms with Crippen molar-refractivity contribution in [2.24, 2.45) is 5.92 Å². The molecule has 0 aliphatic carbocycles. The first kappa shape index (κ1) is 16.9. The molecule has 0 atom stereocenters. The summed E-state index contributed by atoms with van der Waals surface area (Å²) in [6.45, 7) is 6.86. The number of hydrogen-bond donors (Lipinski definition) is 0. The molecular weight excluding hydrogens is 354 g/mol. The lowest BCUT2D eigenvalue weighted by atomic mass is 9.94. The summed E-state index contributed by atoms with van der Waals surface area (Å²) in [6.07, 6.45) is 2.00. The number of amides is 1. The lowest BCUT2D eigenvalue weighted by Crippen LogP contribution is -2.50. The van der Waals surface area contributed by atoms with Gasteiger partial charge in [0.05, 0.1) is 0 Å². The van der Waals surface area contributed by atoms with Crippen molar-refractivity contribution in [2.45, 2.75) is 19.4 Å². The highest BCUT2D eigenvalue weighted by Gasteiger charge is 2.29. The largest absolute Gasteiger partial charge is 0.340 e. The smallest absolute Gasteiger partial charge is 0.225 e. The molecule has 0 N–H and O–H groups in total. The fourth-order valence-corrected chi connectivity index (χ4v) is 3.74. The zero-order chi connectivity index (χ0) is 16.2. The minimum absolute atomic E-state index is 0.236. The molecule has 0 aromatic heterocycles. The van der Waals surface area contributed by atoms with Crippen molar-refractivity contribution >= 4 is 21.8 Å². The first-order valence-corrected chi connectivity index (χ1v) is 9.35. The van der Waals surface area contributed by atoms with Crippen LogP contribution in [0.3, 0.4) is 0 Å². The summed E-state index contributed by atoms with van der Waals surface area (Å²) < 4.78 is 1.12. The Kier molecular flexibility index (Phi) is 5.72. The van der Waals surface area contributed by atoms with Gasteiger partial charge < -0.3 is 9.80 Å². The lowest BCUT2D eigenvalue weighted by molar-refractivity contribution is -0.138. The Morgan fingerprint density at radius 2 is 1.65 bits per heavy atom. The van der Waals surface area contributed by atoms with E-state index in [-0.39, 0.29) is 5.92 Å². The van der Waals surface area contributed by atoms with E-state index in [0.29, 0.717) is 5.91 Å². The molecule has 0 saturated carbocycles. The molecule has 0 bridgehead atoms. The van der Waals surface area contributed by atoms with Crippen LogP contribution in [0.2, 0.25) is 0 Å². The van der Waals surface area contributed by atoms with Gasteiger partial charge in [0.25, 0.3) is 0 Å². The number of carbonyl (C=O) groups excluding carboxylic acids is 1. The summed E-state index contributed by atoms with van der Waals surface area (Å²) in [4.78, 5) is 19.5. The van der Waals surface area contributed by atoms with Crippen molar-refractivity contribution in [2.75, 3.05) is 46.3 Å². The number of piperazine rings is 1. The van der Waals surface area contributed by atoms with Crippen LogP contribution in [0, 0.1) is 5.92 Å². The second-order valence-corrected chi connectivity index (χ2v) is 7.72. The van der Waals surface area contributed by atoms with Crippen LogP contribution in [0.1, 0.15) is 18.4 Å². The number of piperidine rings is 1. The monoisotopic (exact) mass is 379 g/mol. The molecule has 1 aromatic rings.